The topological polar surface area (TPSA) is 100 Å². The molecule has 0 bridgehead atoms. The van der Waals surface area contributed by atoms with Crippen LogP contribution in [-0.4, -0.2) is 44.2 Å². The predicted octanol–water partition coefficient (Wildman–Crippen LogP) is 3.43. The number of amides is 1. The number of ketones is 1. The highest BCUT2D eigenvalue weighted by Crippen LogP contribution is 2.38. The summed E-state index contributed by atoms with van der Waals surface area (Å²) in [6.07, 6.45) is -3.09. The zero-order chi connectivity index (χ0) is 21.7. The molecule has 0 radical (unpaired) electrons. The fraction of sp³-hybridized carbons (Fsp3) is 0.286. The molecular weight excluding hydrogens is 458 g/mol. The second-order valence-corrected chi connectivity index (χ2v) is 7.22. The molecule has 30 heavy (non-hydrogen) atoms. The van der Waals surface area contributed by atoms with Crippen LogP contribution in [0.1, 0.15) is 28.9 Å². The standard InChI is InChI=1S/C21H20BrNO7/c1-3-28-17(24)11-23-21(26)30-20-18(25)15-10-13(22)7-8-16(15)29-19(20)12-5-4-6-14(9-12)27-2/h4-10,19-20H,3,11H2,1-2H3,(H,23,26)/t19-,20+/m0/s1. The number of ether oxygens (including phenoxy) is 4. The van der Waals surface area contributed by atoms with Crippen LogP contribution in [-0.2, 0) is 14.3 Å². The normalized spacial score (nSPS) is 17.4. The van der Waals surface area contributed by atoms with Gasteiger partial charge in [0.2, 0.25) is 11.9 Å². The highest BCUT2D eigenvalue weighted by molar-refractivity contribution is 9.10. The molecule has 2 aromatic rings. The summed E-state index contributed by atoms with van der Waals surface area (Å²) in [7, 11) is 1.52. The second-order valence-electron chi connectivity index (χ2n) is 6.30. The van der Waals surface area contributed by atoms with Crippen LogP contribution in [0.4, 0.5) is 4.79 Å². The first-order valence-corrected chi connectivity index (χ1v) is 9.96. The average molecular weight is 478 g/mol. The summed E-state index contributed by atoms with van der Waals surface area (Å²) in [5.74, 6) is -0.0885. The van der Waals surface area contributed by atoms with Crippen LogP contribution >= 0.6 is 15.9 Å². The summed E-state index contributed by atoms with van der Waals surface area (Å²) in [5.41, 5.74) is 0.881. The first kappa shape index (κ1) is 21.6. The summed E-state index contributed by atoms with van der Waals surface area (Å²) in [6.45, 7) is 1.47. The lowest BCUT2D eigenvalue weighted by molar-refractivity contribution is -0.141. The van der Waals surface area contributed by atoms with Crippen molar-refractivity contribution in [2.24, 2.45) is 0 Å². The molecule has 0 spiro atoms. The Morgan fingerprint density at radius 2 is 2.00 bits per heavy atom. The molecule has 1 heterocycles. The molecule has 0 aliphatic carbocycles. The fourth-order valence-corrected chi connectivity index (χ4v) is 3.34. The van der Waals surface area contributed by atoms with Crippen molar-refractivity contribution in [1.29, 1.82) is 0 Å². The van der Waals surface area contributed by atoms with Crippen molar-refractivity contribution < 1.29 is 33.3 Å². The third kappa shape index (κ3) is 4.91. The van der Waals surface area contributed by atoms with E-state index in [2.05, 4.69) is 21.2 Å². The van der Waals surface area contributed by atoms with Gasteiger partial charge in [0.1, 0.15) is 18.0 Å². The largest absolute Gasteiger partial charge is 0.497 e. The number of fused-ring (bicyclic) bond motifs is 1. The van der Waals surface area contributed by atoms with E-state index in [-0.39, 0.29) is 18.7 Å². The molecule has 1 amide bonds. The number of esters is 1. The molecule has 1 aliphatic heterocycles. The molecule has 8 nitrogen and oxygen atoms in total. The summed E-state index contributed by atoms with van der Waals surface area (Å²) in [6, 6.07) is 12.0. The Morgan fingerprint density at radius 3 is 2.73 bits per heavy atom. The number of hydrogen-bond acceptors (Lipinski definition) is 7. The molecule has 0 aromatic heterocycles. The van der Waals surface area contributed by atoms with Gasteiger partial charge in [0, 0.05) is 10.0 Å². The predicted molar refractivity (Wildman–Crippen MR) is 110 cm³/mol. The van der Waals surface area contributed by atoms with Gasteiger partial charge in [0.05, 0.1) is 19.3 Å². The second kappa shape index (κ2) is 9.62. The van der Waals surface area contributed by atoms with Gasteiger partial charge in [-0.2, -0.15) is 0 Å². The number of methoxy groups -OCH3 is 1. The smallest absolute Gasteiger partial charge is 0.408 e. The number of rotatable bonds is 6. The van der Waals surface area contributed by atoms with E-state index in [4.69, 9.17) is 18.9 Å². The highest BCUT2D eigenvalue weighted by atomic mass is 79.9. The van der Waals surface area contributed by atoms with Gasteiger partial charge in [-0.15, -0.1) is 0 Å². The zero-order valence-corrected chi connectivity index (χ0v) is 17.9. The van der Waals surface area contributed by atoms with Crippen molar-refractivity contribution >= 4 is 33.8 Å². The first-order valence-electron chi connectivity index (χ1n) is 9.17. The molecule has 0 fully saturated rings. The maximum absolute atomic E-state index is 13.2. The minimum atomic E-state index is -1.26. The van der Waals surface area contributed by atoms with Gasteiger partial charge in [-0.1, -0.05) is 28.1 Å². The highest BCUT2D eigenvalue weighted by Gasteiger charge is 2.41. The number of halogens is 1. The number of Topliss-reactive ketones (excluding diaryl/α,β-unsaturated/α-hetero) is 1. The fourth-order valence-electron chi connectivity index (χ4n) is 2.98. The molecule has 2 aromatic carbocycles. The van der Waals surface area contributed by atoms with Gasteiger partial charge in [-0.05, 0) is 37.3 Å². The van der Waals surface area contributed by atoms with Crippen LogP contribution in [0.25, 0.3) is 0 Å². The molecule has 0 saturated heterocycles. The Kier molecular flexibility index (Phi) is 6.94. The summed E-state index contributed by atoms with van der Waals surface area (Å²) in [4.78, 5) is 36.9. The third-order valence-electron chi connectivity index (χ3n) is 4.33. The number of hydrogen-bond donors (Lipinski definition) is 1. The van der Waals surface area contributed by atoms with E-state index >= 15 is 0 Å². The van der Waals surface area contributed by atoms with Crippen LogP contribution in [0.3, 0.4) is 0 Å². The van der Waals surface area contributed by atoms with E-state index in [9.17, 15) is 14.4 Å². The number of carbonyl (C=O) groups excluding carboxylic acids is 3. The van der Waals surface area contributed by atoms with E-state index in [0.29, 0.717) is 21.5 Å². The number of alkyl carbamates (subject to hydrolysis) is 1. The van der Waals surface area contributed by atoms with Crippen molar-refractivity contribution in [2.45, 2.75) is 19.1 Å². The molecule has 1 N–H and O–H groups in total. The molecule has 158 valence electrons. The van der Waals surface area contributed by atoms with Crippen LogP contribution in [0, 0.1) is 0 Å². The van der Waals surface area contributed by atoms with Gasteiger partial charge >= 0.3 is 12.1 Å². The van der Waals surface area contributed by atoms with Crippen molar-refractivity contribution in [1.82, 2.24) is 5.32 Å². The zero-order valence-electron chi connectivity index (χ0n) is 16.3. The maximum Gasteiger partial charge on any atom is 0.408 e. The van der Waals surface area contributed by atoms with E-state index in [1.54, 1.807) is 49.4 Å². The Labute approximate surface area is 181 Å². The summed E-state index contributed by atoms with van der Waals surface area (Å²) < 4.78 is 22.1. The molecule has 0 saturated carbocycles. The van der Waals surface area contributed by atoms with Gasteiger partial charge in [-0.3, -0.25) is 9.59 Å². The Balaban J connectivity index is 1.88. The van der Waals surface area contributed by atoms with E-state index in [1.165, 1.54) is 7.11 Å². The molecule has 3 rings (SSSR count). The summed E-state index contributed by atoms with van der Waals surface area (Å²) in [5, 5.41) is 2.29. The van der Waals surface area contributed by atoms with Crippen LogP contribution < -0.4 is 14.8 Å². The molecule has 1 aliphatic rings. The first-order chi connectivity index (χ1) is 14.4. The molecular formula is C21H20BrNO7. The van der Waals surface area contributed by atoms with Crippen LogP contribution in [0.15, 0.2) is 46.9 Å². The van der Waals surface area contributed by atoms with E-state index in [0.717, 1.165) is 0 Å². The van der Waals surface area contributed by atoms with Crippen molar-refractivity contribution in [3.8, 4) is 11.5 Å². The van der Waals surface area contributed by atoms with Crippen LogP contribution in [0.2, 0.25) is 0 Å². The third-order valence-corrected chi connectivity index (χ3v) is 4.83. The van der Waals surface area contributed by atoms with Crippen molar-refractivity contribution in [3.63, 3.8) is 0 Å². The lowest BCUT2D eigenvalue weighted by Crippen LogP contribution is -2.43. The number of nitrogens with one attached hydrogen (secondary N) is 1. The monoisotopic (exact) mass is 477 g/mol. The van der Waals surface area contributed by atoms with Gasteiger partial charge < -0.3 is 24.3 Å². The van der Waals surface area contributed by atoms with Gasteiger partial charge in [-0.25, -0.2) is 4.79 Å². The Bertz CT molecular complexity index is 962. The molecule has 0 unspecified atom stereocenters. The summed E-state index contributed by atoms with van der Waals surface area (Å²) >= 11 is 3.33. The number of carbonyl (C=O) groups is 3. The van der Waals surface area contributed by atoms with E-state index < -0.39 is 30.1 Å². The van der Waals surface area contributed by atoms with Gasteiger partial charge in [0.25, 0.3) is 0 Å². The molecule has 2 atom stereocenters. The average Bonchev–Trinajstić information content (AvgIpc) is 2.74. The minimum Gasteiger partial charge on any atom is -0.497 e. The van der Waals surface area contributed by atoms with Crippen molar-refractivity contribution in [3.05, 3.63) is 58.1 Å². The Morgan fingerprint density at radius 1 is 1.20 bits per heavy atom. The Hall–Kier alpha value is -3.07. The SMILES string of the molecule is CCOC(=O)CNC(=O)O[C@@H]1C(=O)c2cc(Br)ccc2O[C@H]1c1cccc(OC)c1. The number of benzene rings is 2. The van der Waals surface area contributed by atoms with Crippen LogP contribution in [0.5, 0.6) is 11.5 Å². The maximum atomic E-state index is 13.2. The van der Waals surface area contributed by atoms with Gasteiger partial charge in [0.15, 0.2) is 6.10 Å². The van der Waals surface area contributed by atoms with Crippen molar-refractivity contribution in [2.75, 3.05) is 20.3 Å². The minimum absolute atomic E-state index is 0.189. The lowest BCUT2D eigenvalue weighted by atomic mass is 9.93. The quantitative estimate of drug-likeness (QED) is 0.635. The lowest BCUT2D eigenvalue weighted by Gasteiger charge is -2.32. The van der Waals surface area contributed by atoms with E-state index in [1.807, 2.05) is 0 Å². The molecule has 9 heteroatoms.